The van der Waals surface area contributed by atoms with Crippen LogP contribution in [0.25, 0.3) is 22.1 Å². The standard InChI is InChI=1S/C28H24N6O3/c1-17(35)12-13-19-8-6-9-20-16-22(34(28(37)23(19)20)21-10-4-3-5-11-21)18(2)31-27(36)24-25(29)32-33-15-7-14-30-26(24)33/h3-11,14-18,35H,1-2H3,(H2,29,32)(H,31,36)/t17-,18?/m1/s1. The molecule has 0 aliphatic carbocycles. The van der Waals surface area contributed by atoms with Crippen LogP contribution in [0.15, 0.2) is 77.9 Å². The fourth-order valence-corrected chi connectivity index (χ4v) is 4.29. The van der Waals surface area contributed by atoms with E-state index in [9.17, 15) is 14.7 Å². The predicted molar refractivity (Wildman–Crippen MR) is 141 cm³/mol. The molecule has 0 spiro atoms. The third kappa shape index (κ3) is 4.42. The van der Waals surface area contributed by atoms with E-state index in [1.165, 1.54) is 4.52 Å². The number of pyridine rings is 1. The van der Waals surface area contributed by atoms with Gasteiger partial charge in [-0.3, -0.25) is 14.2 Å². The van der Waals surface area contributed by atoms with Crippen LogP contribution in [0.4, 0.5) is 5.82 Å². The number of nitrogens with two attached hydrogens (primary N) is 1. The summed E-state index contributed by atoms with van der Waals surface area (Å²) in [6, 6.07) is 17.5. The maximum absolute atomic E-state index is 13.9. The largest absolute Gasteiger partial charge is 0.381 e. The Morgan fingerprint density at radius 2 is 1.89 bits per heavy atom. The number of hydrogen-bond donors (Lipinski definition) is 3. The fourth-order valence-electron chi connectivity index (χ4n) is 4.29. The molecule has 0 saturated carbocycles. The second-order valence-electron chi connectivity index (χ2n) is 8.60. The highest BCUT2D eigenvalue weighted by molar-refractivity contribution is 6.04. The second-order valence-corrected chi connectivity index (χ2v) is 8.60. The Kier molecular flexibility index (Phi) is 6.17. The first-order valence-electron chi connectivity index (χ1n) is 11.7. The quantitative estimate of drug-likeness (QED) is 0.331. The third-order valence-corrected chi connectivity index (χ3v) is 5.95. The van der Waals surface area contributed by atoms with E-state index in [1.54, 1.807) is 49.0 Å². The monoisotopic (exact) mass is 492 g/mol. The molecule has 2 aromatic carbocycles. The molecule has 9 heteroatoms. The molecule has 1 amide bonds. The molecule has 5 aromatic rings. The summed E-state index contributed by atoms with van der Waals surface area (Å²) >= 11 is 0. The van der Waals surface area contributed by atoms with Gasteiger partial charge in [-0.25, -0.2) is 9.50 Å². The van der Waals surface area contributed by atoms with Crippen LogP contribution >= 0.6 is 0 Å². The summed E-state index contributed by atoms with van der Waals surface area (Å²) in [6.07, 6.45) is 2.39. The molecule has 5 rings (SSSR count). The average Bonchev–Trinajstić information content (AvgIpc) is 3.23. The number of benzene rings is 2. The van der Waals surface area contributed by atoms with E-state index < -0.39 is 18.1 Å². The number of anilines is 1. The molecule has 0 aliphatic heterocycles. The number of fused-ring (bicyclic) bond motifs is 2. The highest BCUT2D eigenvalue weighted by atomic mass is 16.3. The summed E-state index contributed by atoms with van der Waals surface area (Å²) in [5.41, 5.74) is 7.98. The molecule has 3 heterocycles. The van der Waals surface area contributed by atoms with Gasteiger partial charge in [0.15, 0.2) is 11.5 Å². The van der Waals surface area contributed by atoms with Gasteiger partial charge < -0.3 is 16.2 Å². The molecule has 4 N–H and O–H groups in total. The summed E-state index contributed by atoms with van der Waals surface area (Å²) in [7, 11) is 0. The number of carbonyl (C=O) groups is 1. The van der Waals surface area contributed by atoms with Crippen molar-refractivity contribution in [2.45, 2.75) is 26.0 Å². The minimum Gasteiger partial charge on any atom is -0.381 e. The number of rotatable bonds is 4. The second kappa shape index (κ2) is 9.60. The normalized spacial score (nSPS) is 12.6. The zero-order valence-electron chi connectivity index (χ0n) is 20.2. The molecule has 1 unspecified atom stereocenters. The number of hydrogen-bond acceptors (Lipinski definition) is 6. The molecular formula is C28H24N6O3. The van der Waals surface area contributed by atoms with Crippen molar-refractivity contribution in [2.24, 2.45) is 0 Å². The summed E-state index contributed by atoms with van der Waals surface area (Å²) in [4.78, 5) is 31.5. The number of carbonyl (C=O) groups excluding carboxylic acids is 1. The van der Waals surface area contributed by atoms with Gasteiger partial charge in [-0.2, -0.15) is 0 Å². The number of aliphatic hydroxyl groups excluding tert-OH is 1. The van der Waals surface area contributed by atoms with Crippen LogP contribution in [0.2, 0.25) is 0 Å². The number of aromatic nitrogens is 4. The summed E-state index contributed by atoms with van der Waals surface area (Å²) < 4.78 is 3.01. The first-order valence-corrected chi connectivity index (χ1v) is 11.7. The van der Waals surface area contributed by atoms with Crippen molar-refractivity contribution in [3.05, 3.63) is 100 Å². The minimum absolute atomic E-state index is 0.0590. The van der Waals surface area contributed by atoms with Crippen LogP contribution in [0, 0.1) is 11.8 Å². The van der Waals surface area contributed by atoms with Crippen molar-refractivity contribution in [1.29, 1.82) is 0 Å². The van der Waals surface area contributed by atoms with Gasteiger partial charge in [-0.15, -0.1) is 5.10 Å². The van der Waals surface area contributed by atoms with Crippen molar-refractivity contribution in [1.82, 2.24) is 24.5 Å². The molecule has 184 valence electrons. The van der Waals surface area contributed by atoms with Crippen molar-refractivity contribution in [3.8, 4) is 17.5 Å². The molecule has 0 bridgehead atoms. The summed E-state index contributed by atoms with van der Waals surface area (Å²) in [6.45, 7) is 3.36. The van der Waals surface area contributed by atoms with Gasteiger partial charge in [0.05, 0.1) is 11.4 Å². The van der Waals surface area contributed by atoms with E-state index in [2.05, 4.69) is 27.2 Å². The SMILES string of the molecule is CC(NC(=O)c1c(N)nn2cccnc12)c1cc2cccc(C#C[C@@H](C)O)c2c(=O)n1-c1ccccc1. The summed E-state index contributed by atoms with van der Waals surface area (Å²) in [5, 5.41) is 17.8. The van der Waals surface area contributed by atoms with Crippen LogP contribution in [0.1, 0.15) is 41.5 Å². The number of para-hydroxylation sites is 1. The molecule has 0 radical (unpaired) electrons. The van der Waals surface area contributed by atoms with Gasteiger partial charge in [0, 0.05) is 29.3 Å². The number of nitrogen functional groups attached to an aromatic ring is 1. The molecular weight excluding hydrogens is 468 g/mol. The highest BCUT2D eigenvalue weighted by Gasteiger charge is 2.23. The predicted octanol–water partition coefficient (Wildman–Crippen LogP) is 2.84. The van der Waals surface area contributed by atoms with Crippen LogP contribution in [-0.4, -0.2) is 36.3 Å². The van der Waals surface area contributed by atoms with Crippen molar-refractivity contribution < 1.29 is 9.90 Å². The number of nitrogens with zero attached hydrogens (tertiary/aromatic N) is 4. The minimum atomic E-state index is -0.831. The molecule has 0 saturated heterocycles. The maximum atomic E-state index is 13.9. The van der Waals surface area contributed by atoms with Gasteiger partial charge in [0.25, 0.3) is 11.5 Å². The van der Waals surface area contributed by atoms with Crippen molar-refractivity contribution >= 4 is 28.1 Å². The lowest BCUT2D eigenvalue weighted by Gasteiger charge is -2.21. The Balaban J connectivity index is 1.66. The number of amides is 1. The van der Waals surface area contributed by atoms with E-state index >= 15 is 0 Å². The first-order chi connectivity index (χ1) is 17.8. The molecule has 3 aromatic heterocycles. The smallest absolute Gasteiger partial charge is 0.264 e. The molecule has 2 atom stereocenters. The van der Waals surface area contributed by atoms with Gasteiger partial charge >= 0.3 is 0 Å². The van der Waals surface area contributed by atoms with Crippen LogP contribution in [-0.2, 0) is 0 Å². The number of nitrogens with one attached hydrogen (secondary N) is 1. The Bertz CT molecular complexity index is 1760. The van der Waals surface area contributed by atoms with E-state index in [4.69, 9.17) is 5.73 Å². The van der Waals surface area contributed by atoms with Crippen molar-refractivity contribution in [3.63, 3.8) is 0 Å². The van der Waals surface area contributed by atoms with Gasteiger partial charge in [-0.05, 0) is 49.6 Å². The van der Waals surface area contributed by atoms with Gasteiger partial charge in [0.2, 0.25) is 0 Å². The van der Waals surface area contributed by atoms with E-state index in [0.29, 0.717) is 33.4 Å². The van der Waals surface area contributed by atoms with Crippen LogP contribution in [0.3, 0.4) is 0 Å². The molecule has 0 aliphatic rings. The molecule has 0 fully saturated rings. The lowest BCUT2D eigenvalue weighted by atomic mass is 10.0. The van der Waals surface area contributed by atoms with Crippen LogP contribution in [0.5, 0.6) is 0 Å². The molecule has 37 heavy (non-hydrogen) atoms. The van der Waals surface area contributed by atoms with Gasteiger partial charge in [-0.1, -0.05) is 42.2 Å². The highest BCUT2D eigenvalue weighted by Crippen LogP contribution is 2.24. The Hall–Kier alpha value is -4.94. The lowest BCUT2D eigenvalue weighted by molar-refractivity contribution is 0.0941. The number of aliphatic hydroxyl groups is 1. The zero-order chi connectivity index (χ0) is 26.1. The van der Waals surface area contributed by atoms with Crippen molar-refractivity contribution in [2.75, 3.05) is 5.73 Å². The Morgan fingerprint density at radius 1 is 1.11 bits per heavy atom. The average molecular weight is 493 g/mol. The zero-order valence-corrected chi connectivity index (χ0v) is 20.2. The van der Waals surface area contributed by atoms with Gasteiger partial charge in [0.1, 0.15) is 11.7 Å². The van der Waals surface area contributed by atoms with E-state index in [-0.39, 0.29) is 16.9 Å². The fraction of sp³-hybridized carbons (Fsp3) is 0.143. The van der Waals surface area contributed by atoms with E-state index in [0.717, 1.165) is 0 Å². The van der Waals surface area contributed by atoms with E-state index in [1.807, 2.05) is 42.5 Å². The maximum Gasteiger partial charge on any atom is 0.264 e. The van der Waals surface area contributed by atoms with Crippen LogP contribution < -0.4 is 16.6 Å². The lowest BCUT2D eigenvalue weighted by Crippen LogP contribution is -2.32. The third-order valence-electron chi connectivity index (χ3n) is 5.95. The Morgan fingerprint density at radius 3 is 2.65 bits per heavy atom. The topological polar surface area (TPSA) is 128 Å². The first kappa shape index (κ1) is 23.8. The molecule has 9 nitrogen and oxygen atoms in total. The Labute approximate surface area is 212 Å². The summed E-state index contributed by atoms with van der Waals surface area (Å²) in [5.74, 6) is 5.23.